The molecule has 0 spiro atoms. The van der Waals surface area contributed by atoms with Gasteiger partial charge in [0, 0.05) is 6.20 Å². The molecule has 0 N–H and O–H groups in total. The molecule has 0 aliphatic rings. The molecule has 0 bridgehead atoms. The Kier molecular flexibility index (Phi) is 2.00. The van der Waals surface area contributed by atoms with E-state index in [0.29, 0.717) is 5.02 Å². The fraction of sp³-hybridized carbons (Fsp3) is 0.125. The Morgan fingerprint density at radius 1 is 1.58 bits per heavy atom. The Hall–Kier alpha value is -0.290. The Morgan fingerprint density at radius 2 is 2.33 bits per heavy atom. The maximum Gasteiger partial charge on any atom is 0.156 e. The third-order valence-corrected chi connectivity index (χ3v) is 3.30. The van der Waals surface area contributed by atoms with Crippen LogP contribution in [0.25, 0.3) is 5.65 Å². The van der Waals surface area contributed by atoms with E-state index >= 15 is 0 Å². The molecule has 0 saturated heterocycles. The van der Waals surface area contributed by atoms with E-state index in [0.717, 1.165) is 15.0 Å². The van der Waals surface area contributed by atoms with Crippen LogP contribution in [0.4, 0.5) is 0 Å². The van der Waals surface area contributed by atoms with Crippen molar-refractivity contribution in [3.8, 4) is 0 Å². The summed E-state index contributed by atoms with van der Waals surface area (Å²) in [6.45, 7) is 1.98. The van der Waals surface area contributed by atoms with Gasteiger partial charge in [0.1, 0.15) is 3.70 Å². The molecule has 0 aliphatic carbocycles. The van der Waals surface area contributed by atoms with E-state index in [4.69, 9.17) is 11.6 Å². The number of aromatic nitrogens is 2. The van der Waals surface area contributed by atoms with Gasteiger partial charge in [0.15, 0.2) is 5.65 Å². The van der Waals surface area contributed by atoms with Gasteiger partial charge in [-0.1, -0.05) is 11.6 Å². The highest BCUT2D eigenvalue weighted by molar-refractivity contribution is 14.1. The standard InChI is InChI=1S/C8H6ClIN2/c1-5-7(10)12-4-2-3-6(9)8(12)11-5/h2-4H,1H3. The third-order valence-electron chi connectivity index (χ3n) is 1.70. The average Bonchev–Trinajstić information content (AvgIpc) is 2.32. The van der Waals surface area contributed by atoms with E-state index in [2.05, 4.69) is 27.6 Å². The lowest BCUT2D eigenvalue weighted by molar-refractivity contribution is 1.14. The summed E-state index contributed by atoms with van der Waals surface area (Å²) in [7, 11) is 0. The zero-order valence-corrected chi connectivity index (χ0v) is 9.30. The molecule has 0 saturated carbocycles. The number of rotatable bonds is 0. The van der Waals surface area contributed by atoms with Gasteiger partial charge in [0.05, 0.1) is 10.7 Å². The lowest BCUT2D eigenvalue weighted by Gasteiger charge is -1.94. The lowest BCUT2D eigenvalue weighted by atomic mass is 10.5. The molecule has 2 rings (SSSR count). The maximum absolute atomic E-state index is 5.96. The highest BCUT2D eigenvalue weighted by atomic mass is 127. The largest absolute Gasteiger partial charge is 0.293 e. The number of halogens is 2. The summed E-state index contributed by atoms with van der Waals surface area (Å²) >= 11 is 8.21. The van der Waals surface area contributed by atoms with Crippen molar-refractivity contribution in [2.24, 2.45) is 0 Å². The summed E-state index contributed by atoms with van der Waals surface area (Å²) in [6, 6.07) is 3.76. The van der Waals surface area contributed by atoms with Gasteiger partial charge < -0.3 is 0 Å². The second-order valence-corrected chi connectivity index (χ2v) is 3.97. The highest BCUT2D eigenvalue weighted by Crippen LogP contribution is 2.20. The van der Waals surface area contributed by atoms with Crippen LogP contribution < -0.4 is 0 Å². The van der Waals surface area contributed by atoms with E-state index in [1.54, 1.807) is 0 Å². The first-order valence-corrected chi connectivity index (χ1v) is 4.94. The molecule has 0 aromatic carbocycles. The summed E-state index contributed by atoms with van der Waals surface area (Å²) < 4.78 is 3.10. The molecule has 2 aromatic heterocycles. The van der Waals surface area contributed by atoms with Crippen molar-refractivity contribution in [2.45, 2.75) is 6.92 Å². The molecule has 0 atom stereocenters. The van der Waals surface area contributed by atoms with Crippen molar-refractivity contribution in [1.82, 2.24) is 9.38 Å². The van der Waals surface area contributed by atoms with Gasteiger partial charge in [-0.15, -0.1) is 0 Å². The molecule has 0 unspecified atom stereocenters. The zero-order valence-electron chi connectivity index (χ0n) is 6.38. The molecule has 0 fully saturated rings. The Bertz CT molecular complexity index is 436. The SMILES string of the molecule is Cc1nc2c(Cl)cccn2c1I. The van der Waals surface area contributed by atoms with E-state index in [9.17, 15) is 0 Å². The van der Waals surface area contributed by atoms with Crippen LogP contribution >= 0.6 is 34.2 Å². The van der Waals surface area contributed by atoms with Crippen LogP contribution in [0.3, 0.4) is 0 Å². The number of aryl methyl sites for hydroxylation is 1. The molecule has 4 heteroatoms. The number of hydrogen-bond acceptors (Lipinski definition) is 1. The van der Waals surface area contributed by atoms with Crippen LogP contribution in [0, 0.1) is 10.6 Å². The van der Waals surface area contributed by atoms with Crippen LogP contribution in [-0.2, 0) is 0 Å². The number of nitrogens with zero attached hydrogens (tertiary/aromatic N) is 2. The predicted molar refractivity (Wildman–Crippen MR) is 57.7 cm³/mol. The average molecular weight is 293 g/mol. The molecular formula is C8H6ClIN2. The van der Waals surface area contributed by atoms with Gasteiger partial charge in [-0.25, -0.2) is 4.98 Å². The Labute approximate surface area is 88.7 Å². The molecule has 62 valence electrons. The first kappa shape index (κ1) is 8.31. The lowest BCUT2D eigenvalue weighted by Crippen LogP contribution is -1.85. The third kappa shape index (κ3) is 1.11. The van der Waals surface area contributed by atoms with Gasteiger partial charge in [-0.2, -0.15) is 0 Å². The molecule has 2 aromatic rings. The van der Waals surface area contributed by atoms with Crippen LogP contribution in [0.2, 0.25) is 5.02 Å². The summed E-state index contributed by atoms with van der Waals surface area (Å²) in [4.78, 5) is 4.34. The molecule has 2 nitrogen and oxygen atoms in total. The van der Waals surface area contributed by atoms with Crippen molar-refractivity contribution in [3.05, 3.63) is 32.7 Å². The van der Waals surface area contributed by atoms with Crippen molar-refractivity contribution < 1.29 is 0 Å². The van der Waals surface area contributed by atoms with Crippen molar-refractivity contribution in [1.29, 1.82) is 0 Å². The fourth-order valence-corrected chi connectivity index (χ4v) is 1.83. The molecular weight excluding hydrogens is 286 g/mol. The summed E-state index contributed by atoms with van der Waals surface area (Å²) in [6.07, 6.45) is 1.96. The second kappa shape index (κ2) is 2.88. The van der Waals surface area contributed by atoms with Gasteiger partial charge in [-0.05, 0) is 41.6 Å². The van der Waals surface area contributed by atoms with Crippen molar-refractivity contribution in [2.75, 3.05) is 0 Å². The van der Waals surface area contributed by atoms with E-state index in [1.165, 1.54) is 0 Å². The number of fused-ring (bicyclic) bond motifs is 1. The van der Waals surface area contributed by atoms with Crippen molar-refractivity contribution in [3.63, 3.8) is 0 Å². The minimum absolute atomic E-state index is 0.698. The highest BCUT2D eigenvalue weighted by Gasteiger charge is 2.06. The summed E-state index contributed by atoms with van der Waals surface area (Å²) in [5.74, 6) is 0. The normalized spacial score (nSPS) is 10.9. The van der Waals surface area contributed by atoms with Crippen LogP contribution in [-0.4, -0.2) is 9.38 Å². The Balaban J connectivity index is 2.95. The first-order chi connectivity index (χ1) is 5.70. The quantitative estimate of drug-likeness (QED) is 0.683. The monoisotopic (exact) mass is 292 g/mol. The summed E-state index contributed by atoms with van der Waals surface area (Å²) in [5.41, 5.74) is 1.85. The van der Waals surface area contributed by atoms with Crippen LogP contribution in [0.5, 0.6) is 0 Å². The minimum atomic E-state index is 0.698. The predicted octanol–water partition coefficient (Wildman–Crippen LogP) is 2.90. The smallest absolute Gasteiger partial charge is 0.156 e. The van der Waals surface area contributed by atoms with Gasteiger partial charge in [0.2, 0.25) is 0 Å². The Morgan fingerprint density at radius 3 is 3.00 bits per heavy atom. The van der Waals surface area contributed by atoms with Crippen LogP contribution in [0.1, 0.15) is 5.69 Å². The molecule has 2 heterocycles. The number of hydrogen-bond donors (Lipinski definition) is 0. The first-order valence-electron chi connectivity index (χ1n) is 3.49. The minimum Gasteiger partial charge on any atom is -0.293 e. The molecule has 0 radical (unpaired) electrons. The van der Waals surface area contributed by atoms with E-state index in [-0.39, 0.29) is 0 Å². The number of imidazole rings is 1. The topological polar surface area (TPSA) is 17.3 Å². The van der Waals surface area contributed by atoms with E-state index < -0.39 is 0 Å². The molecule has 12 heavy (non-hydrogen) atoms. The van der Waals surface area contributed by atoms with Gasteiger partial charge in [0.25, 0.3) is 0 Å². The number of pyridine rings is 1. The van der Waals surface area contributed by atoms with E-state index in [1.807, 2.05) is 29.7 Å². The van der Waals surface area contributed by atoms with Crippen molar-refractivity contribution >= 4 is 39.8 Å². The fourth-order valence-electron chi connectivity index (χ4n) is 1.12. The second-order valence-electron chi connectivity index (χ2n) is 2.54. The van der Waals surface area contributed by atoms with Gasteiger partial charge in [-0.3, -0.25) is 4.40 Å². The van der Waals surface area contributed by atoms with Crippen LogP contribution in [0.15, 0.2) is 18.3 Å². The molecule has 0 aliphatic heterocycles. The zero-order chi connectivity index (χ0) is 8.72. The van der Waals surface area contributed by atoms with Gasteiger partial charge >= 0.3 is 0 Å². The molecule has 0 amide bonds. The summed E-state index contributed by atoms with van der Waals surface area (Å²) in [5, 5.41) is 0.698. The maximum atomic E-state index is 5.96.